The van der Waals surface area contributed by atoms with Crippen LogP contribution in [0.4, 0.5) is 0 Å². The largest absolute Gasteiger partial charge is 0.334 e. The average Bonchev–Trinajstić information content (AvgIpc) is 1.86. The number of nitrogens with one attached hydrogen (secondary N) is 1. The summed E-state index contributed by atoms with van der Waals surface area (Å²) >= 11 is 4.82. The van der Waals surface area contributed by atoms with Crippen LogP contribution in [0.3, 0.4) is 0 Å². The maximum absolute atomic E-state index is 9.41. The Morgan fingerprint density at radius 2 is 2.08 bits per heavy atom. The summed E-state index contributed by atoms with van der Waals surface area (Å²) in [6.45, 7) is 3.58. The first-order valence-electron chi connectivity index (χ1n) is 3.77. The van der Waals surface area contributed by atoms with Gasteiger partial charge in [0.25, 0.3) is 6.64 Å². The summed E-state index contributed by atoms with van der Waals surface area (Å²) in [4.78, 5) is 9.41. The van der Waals surface area contributed by atoms with Crippen LogP contribution in [0, 0.1) is 0 Å². The Balaban J connectivity index is 0. The molecule has 2 unspecified atom stereocenters. The van der Waals surface area contributed by atoms with Crippen LogP contribution in [0.15, 0.2) is 0 Å². The van der Waals surface area contributed by atoms with Gasteiger partial charge < -0.3 is 9.42 Å². The SMILES string of the molecule is CCOP(O)(=S)NC(C)CC.[Na]. The molecular formula is C6H16NNaO2PS. The predicted molar refractivity (Wildman–Crippen MR) is 56.8 cm³/mol. The van der Waals surface area contributed by atoms with Crippen LogP contribution in [-0.2, 0) is 16.3 Å². The van der Waals surface area contributed by atoms with Crippen molar-refractivity contribution in [1.82, 2.24) is 5.09 Å². The fraction of sp³-hybridized carbons (Fsp3) is 1.00. The van der Waals surface area contributed by atoms with E-state index < -0.39 is 6.64 Å². The van der Waals surface area contributed by atoms with E-state index in [0.29, 0.717) is 6.61 Å². The maximum Gasteiger partial charge on any atom is 0.258 e. The van der Waals surface area contributed by atoms with Crippen molar-refractivity contribution in [1.29, 1.82) is 0 Å². The van der Waals surface area contributed by atoms with Crippen LogP contribution < -0.4 is 5.09 Å². The van der Waals surface area contributed by atoms with Crippen molar-refractivity contribution in [2.45, 2.75) is 33.2 Å². The zero-order chi connectivity index (χ0) is 8.91. The Morgan fingerprint density at radius 3 is 2.42 bits per heavy atom. The van der Waals surface area contributed by atoms with Crippen molar-refractivity contribution >= 4 is 48.0 Å². The molecular weight excluding hydrogens is 204 g/mol. The van der Waals surface area contributed by atoms with Gasteiger partial charge in [-0.3, -0.25) is 0 Å². The minimum Gasteiger partial charge on any atom is -0.334 e. The second-order valence-electron chi connectivity index (χ2n) is 2.38. The predicted octanol–water partition coefficient (Wildman–Crippen LogP) is 1.25. The van der Waals surface area contributed by atoms with E-state index in [1.165, 1.54) is 0 Å². The molecule has 0 aliphatic carbocycles. The third-order valence-electron chi connectivity index (χ3n) is 1.30. The first kappa shape index (κ1) is 16.0. The molecule has 0 saturated carbocycles. The summed E-state index contributed by atoms with van der Waals surface area (Å²) in [5.41, 5.74) is 0. The molecule has 0 heterocycles. The van der Waals surface area contributed by atoms with Crippen LogP contribution in [-0.4, -0.2) is 47.1 Å². The Labute approximate surface area is 102 Å². The zero-order valence-electron chi connectivity index (χ0n) is 8.20. The van der Waals surface area contributed by atoms with Crippen molar-refractivity contribution in [3.05, 3.63) is 0 Å². The molecule has 0 aromatic heterocycles. The van der Waals surface area contributed by atoms with E-state index in [2.05, 4.69) is 5.09 Å². The fourth-order valence-electron chi connectivity index (χ4n) is 0.582. The molecule has 0 aromatic carbocycles. The van der Waals surface area contributed by atoms with Gasteiger partial charge in [-0.1, -0.05) is 6.92 Å². The smallest absolute Gasteiger partial charge is 0.258 e. The van der Waals surface area contributed by atoms with E-state index in [1.54, 1.807) is 0 Å². The molecule has 12 heavy (non-hydrogen) atoms. The quantitative estimate of drug-likeness (QED) is 0.540. The molecule has 0 aliphatic heterocycles. The van der Waals surface area contributed by atoms with Crippen molar-refractivity contribution < 1.29 is 9.42 Å². The number of hydrogen-bond acceptors (Lipinski definition) is 2. The summed E-state index contributed by atoms with van der Waals surface area (Å²) in [6, 6.07) is 0.220. The van der Waals surface area contributed by atoms with Crippen molar-refractivity contribution in [3.63, 3.8) is 0 Å². The van der Waals surface area contributed by atoms with Crippen LogP contribution in [0.2, 0.25) is 0 Å². The third kappa shape index (κ3) is 8.14. The van der Waals surface area contributed by atoms with Crippen LogP contribution in [0.25, 0.3) is 0 Å². The van der Waals surface area contributed by atoms with Gasteiger partial charge in [0, 0.05) is 35.6 Å². The normalized spacial score (nSPS) is 17.7. The van der Waals surface area contributed by atoms with E-state index in [9.17, 15) is 4.89 Å². The standard InChI is InChI=1S/C6H16NO2PS.Na/c1-4-6(3)7-10(8,11)9-5-2;/h6H,4-5H2,1-3H3,(H2,7,8,11);. The van der Waals surface area contributed by atoms with Crippen LogP contribution in [0.1, 0.15) is 27.2 Å². The molecule has 2 atom stereocenters. The molecule has 0 saturated heterocycles. The third-order valence-corrected chi connectivity index (χ3v) is 3.31. The van der Waals surface area contributed by atoms with E-state index >= 15 is 0 Å². The Bertz CT molecular complexity index is 158. The zero-order valence-corrected chi connectivity index (χ0v) is 11.9. The molecule has 1 radical (unpaired) electrons. The van der Waals surface area contributed by atoms with Crippen LogP contribution in [0.5, 0.6) is 0 Å². The summed E-state index contributed by atoms with van der Waals surface area (Å²) < 4.78 is 4.97. The average molecular weight is 220 g/mol. The summed E-state index contributed by atoms with van der Waals surface area (Å²) in [5, 5.41) is 2.87. The number of rotatable bonds is 5. The van der Waals surface area contributed by atoms with Gasteiger partial charge in [0.1, 0.15) is 0 Å². The molecule has 0 fully saturated rings. The van der Waals surface area contributed by atoms with Gasteiger partial charge >= 0.3 is 0 Å². The molecule has 3 nitrogen and oxygen atoms in total. The summed E-state index contributed by atoms with van der Waals surface area (Å²) in [5.74, 6) is 0. The maximum atomic E-state index is 9.41. The molecule has 69 valence electrons. The van der Waals surface area contributed by atoms with Gasteiger partial charge in [0.15, 0.2) is 0 Å². The van der Waals surface area contributed by atoms with Gasteiger partial charge in [-0.15, -0.1) is 0 Å². The molecule has 0 spiro atoms. The van der Waals surface area contributed by atoms with Gasteiger partial charge in [-0.05, 0) is 32.1 Å². The number of hydrogen-bond donors (Lipinski definition) is 2. The van der Waals surface area contributed by atoms with Gasteiger partial charge in [-0.2, -0.15) is 0 Å². The Morgan fingerprint density at radius 1 is 1.58 bits per heavy atom. The molecule has 0 amide bonds. The summed E-state index contributed by atoms with van der Waals surface area (Å²) in [6.07, 6.45) is 0.937. The first-order chi connectivity index (χ1) is 5.02. The van der Waals surface area contributed by atoms with Gasteiger partial charge in [0.2, 0.25) is 0 Å². The Kier molecular flexibility index (Phi) is 10.5. The second kappa shape index (κ2) is 7.89. The van der Waals surface area contributed by atoms with Gasteiger partial charge in [0.05, 0.1) is 6.61 Å². The minimum absolute atomic E-state index is 0. The van der Waals surface area contributed by atoms with Crippen molar-refractivity contribution in [2.75, 3.05) is 6.61 Å². The first-order valence-corrected chi connectivity index (χ1v) is 6.44. The molecule has 0 aromatic rings. The van der Waals surface area contributed by atoms with Crippen molar-refractivity contribution in [2.24, 2.45) is 0 Å². The topological polar surface area (TPSA) is 41.5 Å². The fourth-order valence-corrected chi connectivity index (χ4v) is 2.60. The molecule has 0 bridgehead atoms. The molecule has 2 N–H and O–H groups in total. The second-order valence-corrected chi connectivity index (χ2v) is 5.42. The molecule has 6 heteroatoms. The Hall–Kier alpha value is 1.53. The minimum atomic E-state index is -2.68. The summed E-state index contributed by atoms with van der Waals surface area (Å²) in [7, 11) is 0. The van der Waals surface area contributed by atoms with Gasteiger partial charge in [-0.25, -0.2) is 5.09 Å². The van der Waals surface area contributed by atoms with Crippen LogP contribution >= 0.6 is 6.64 Å². The molecule has 0 rings (SSSR count). The van der Waals surface area contributed by atoms with E-state index in [0.717, 1.165) is 6.42 Å². The van der Waals surface area contributed by atoms with E-state index in [-0.39, 0.29) is 35.6 Å². The van der Waals surface area contributed by atoms with E-state index in [4.69, 9.17) is 16.3 Å². The monoisotopic (exact) mass is 220 g/mol. The van der Waals surface area contributed by atoms with E-state index in [1.807, 2.05) is 20.8 Å². The molecule has 0 aliphatic rings. The van der Waals surface area contributed by atoms with Crippen molar-refractivity contribution in [3.8, 4) is 0 Å².